The smallest absolute Gasteiger partial charge is 0.348 e. The molecule has 4 nitrogen and oxygen atoms in total. The Bertz CT molecular complexity index is 235. The molecule has 0 radical (unpaired) electrons. The van der Waals surface area contributed by atoms with Crippen LogP contribution in [0.1, 0.15) is 12.8 Å². The Kier molecular flexibility index (Phi) is 1.12. The molecule has 2 atom stereocenters. The molecule has 2 unspecified atom stereocenters. The number of esters is 1. The second kappa shape index (κ2) is 1.82. The van der Waals surface area contributed by atoms with Crippen LogP contribution in [0.5, 0.6) is 0 Å². The van der Waals surface area contributed by atoms with Gasteiger partial charge < -0.3 is 9.47 Å². The van der Waals surface area contributed by atoms with Crippen LogP contribution in [0.2, 0.25) is 0 Å². The molecule has 1 aliphatic carbocycles. The van der Waals surface area contributed by atoms with Crippen molar-refractivity contribution < 1.29 is 19.1 Å². The van der Waals surface area contributed by atoms with Crippen LogP contribution < -0.4 is 0 Å². The summed E-state index contributed by atoms with van der Waals surface area (Å²) in [4.78, 5) is 22.1. The second-order valence-electron chi connectivity index (χ2n) is 2.80. The van der Waals surface area contributed by atoms with Crippen LogP contribution in [0.15, 0.2) is 0 Å². The first-order valence-electron chi connectivity index (χ1n) is 3.51. The Balaban J connectivity index is 2.24. The van der Waals surface area contributed by atoms with E-state index in [1.807, 2.05) is 0 Å². The van der Waals surface area contributed by atoms with Gasteiger partial charge in [0.15, 0.2) is 5.78 Å². The first kappa shape index (κ1) is 6.79. The summed E-state index contributed by atoms with van der Waals surface area (Å²) in [5.41, 5.74) is -1.17. The summed E-state index contributed by atoms with van der Waals surface area (Å²) in [6.45, 7) is 0. The van der Waals surface area contributed by atoms with E-state index < -0.39 is 11.6 Å². The maximum atomic E-state index is 11.1. The van der Waals surface area contributed by atoms with Crippen molar-refractivity contribution in [2.75, 3.05) is 7.11 Å². The summed E-state index contributed by atoms with van der Waals surface area (Å²) in [6.07, 6.45) is 0.913. The summed E-state index contributed by atoms with van der Waals surface area (Å²) in [5, 5.41) is 0. The van der Waals surface area contributed by atoms with E-state index in [1.54, 1.807) is 0 Å². The van der Waals surface area contributed by atoms with Gasteiger partial charge in [-0.2, -0.15) is 0 Å². The van der Waals surface area contributed by atoms with E-state index in [0.717, 1.165) is 0 Å². The lowest BCUT2D eigenvalue weighted by Crippen LogP contribution is -2.33. The van der Waals surface area contributed by atoms with Crippen LogP contribution in [0.25, 0.3) is 0 Å². The molecule has 1 saturated heterocycles. The van der Waals surface area contributed by atoms with Crippen molar-refractivity contribution >= 4 is 11.8 Å². The van der Waals surface area contributed by atoms with E-state index in [2.05, 4.69) is 4.74 Å². The lowest BCUT2D eigenvalue weighted by atomic mass is 10.1. The largest absolute Gasteiger partial charge is 0.466 e. The predicted octanol–water partition coefficient (Wildman–Crippen LogP) is -0.340. The maximum Gasteiger partial charge on any atom is 0.348 e. The molecule has 4 heteroatoms. The van der Waals surface area contributed by atoms with Gasteiger partial charge in [0.2, 0.25) is 5.60 Å². The molecule has 11 heavy (non-hydrogen) atoms. The normalized spacial score (nSPS) is 40.1. The lowest BCUT2D eigenvalue weighted by Gasteiger charge is -2.02. The molecule has 0 N–H and O–H groups in total. The van der Waals surface area contributed by atoms with Gasteiger partial charge in [-0.1, -0.05) is 0 Å². The Hall–Kier alpha value is -0.900. The average molecular weight is 156 g/mol. The van der Waals surface area contributed by atoms with Crippen molar-refractivity contribution in [3.05, 3.63) is 0 Å². The summed E-state index contributed by atoms with van der Waals surface area (Å²) in [6, 6.07) is 0. The lowest BCUT2D eigenvalue weighted by molar-refractivity contribution is -0.150. The summed E-state index contributed by atoms with van der Waals surface area (Å²) in [7, 11) is 1.27. The number of ether oxygens (including phenoxy) is 2. The van der Waals surface area contributed by atoms with Gasteiger partial charge in [-0.3, -0.25) is 4.79 Å². The van der Waals surface area contributed by atoms with Crippen molar-refractivity contribution in [2.45, 2.75) is 24.5 Å². The van der Waals surface area contributed by atoms with Gasteiger partial charge in [0.1, 0.15) is 6.10 Å². The van der Waals surface area contributed by atoms with Gasteiger partial charge in [0.05, 0.1) is 7.11 Å². The monoisotopic (exact) mass is 156 g/mol. The van der Waals surface area contributed by atoms with Crippen LogP contribution in [-0.2, 0) is 19.1 Å². The van der Waals surface area contributed by atoms with E-state index in [-0.39, 0.29) is 11.9 Å². The Morgan fingerprint density at radius 2 is 2.55 bits per heavy atom. The zero-order valence-electron chi connectivity index (χ0n) is 6.12. The van der Waals surface area contributed by atoms with E-state index in [9.17, 15) is 9.59 Å². The Morgan fingerprint density at radius 1 is 1.82 bits per heavy atom. The highest BCUT2D eigenvalue weighted by Crippen LogP contribution is 2.47. The number of carbonyl (C=O) groups excluding carboxylic acids is 2. The minimum absolute atomic E-state index is 0.130. The van der Waals surface area contributed by atoms with E-state index in [4.69, 9.17) is 4.74 Å². The fourth-order valence-electron chi connectivity index (χ4n) is 1.59. The first-order valence-corrected chi connectivity index (χ1v) is 3.51. The minimum Gasteiger partial charge on any atom is -0.466 e. The highest BCUT2D eigenvalue weighted by atomic mass is 16.7. The number of carbonyl (C=O) groups is 2. The molecule has 2 rings (SSSR count). The van der Waals surface area contributed by atoms with E-state index in [0.29, 0.717) is 12.8 Å². The third-order valence-electron chi connectivity index (χ3n) is 2.26. The topological polar surface area (TPSA) is 55.9 Å². The number of epoxide rings is 1. The third kappa shape index (κ3) is 0.625. The number of methoxy groups -OCH3 is 1. The molecule has 1 heterocycles. The molecule has 1 aliphatic heterocycles. The molecule has 0 aromatic carbocycles. The zero-order chi connectivity index (χ0) is 8.06. The zero-order valence-corrected chi connectivity index (χ0v) is 6.12. The average Bonchev–Trinajstić information content (AvgIpc) is 2.68. The molecule has 0 aromatic heterocycles. The van der Waals surface area contributed by atoms with Crippen molar-refractivity contribution in [3.8, 4) is 0 Å². The van der Waals surface area contributed by atoms with Crippen LogP contribution in [0.3, 0.4) is 0 Å². The molecule has 0 bridgehead atoms. The van der Waals surface area contributed by atoms with Crippen LogP contribution in [0.4, 0.5) is 0 Å². The minimum atomic E-state index is -1.17. The van der Waals surface area contributed by atoms with Crippen LogP contribution in [-0.4, -0.2) is 30.6 Å². The quantitative estimate of drug-likeness (QED) is 0.296. The van der Waals surface area contributed by atoms with Gasteiger partial charge >= 0.3 is 5.97 Å². The summed E-state index contributed by atoms with van der Waals surface area (Å²) in [5.74, 6) is -0.667. The molecular weight excluding hydrogens is 148 g/mol. The molecule has 0 amide bonds. The Morgan fingerprint density at radius 3 is 2.91 bits per heavy atom. The second-order valence-corrected chi connectivity index (χ2v) is 2.80. The standard InChI is InChI=1S/C7H8O4/c1-10-6(9)7-4(8)2-3-5(7)11-7/h5H,2-3H2,1H3. The van der Waals surface area contributed by atoms with E-state index >= 15 is 0 Å². The van der Waals surface area contributed by atoms with Crippen molar-refractivity contribution in [2.24, 2.45) is 0 Å². The highest BCUT2D eigenvalue weighted by molar-refractivity contribution is 6.12. The van der Waals surface area contributed by atoms with Crippen molar-refractivity contribution in [3.63, 3.8) is 0 Å². The molecular formula is C7H8O4. The number of hydrogen-bond donors (Lipinski definition) is 0. The predicted molar refractivity (Wildman–Crippen MR) is 33.9 cm³/mol. The number of ketones is 1. The van der Waals surface area contributed by atoms with E-state index in [1.165, 1.54) is 7.11 Å². The fourth-order valence-corrected chi connectivity index (χ4v) is 1.59. The first-order chi connectivity index (χ1) is 5.21. The van der Waals surface area contributed by atoms with Gasteiger partial charge in [-0.15, -0.1) is 0 Å². The third-order valence-corrected chi connectivity index (χ3v) is 2.26. The van der Waals surface area contributed by atoms with Crippen LogP contribution >= 0.6 is 0 Å². The molecule has 60 valence electrons. The molecule has 0 spiro atoms. The fraction of sp³-hybridized carbons (Fsp3) is 0.714. The van der Waals surface area contributed by atoms with Gasteiger partial charge in [-0.05, 0) is 6.42 Å². The number of fused-ring (bicyclic) bond motifs is 1. The number of rotatable bonds is 1. The van der Waals surface area contributed by atoms with Crippen LogP contribution in [0, 0.1) is 0 Å². The van der Waals surface area contributed by atoms with Gasteiger partial charge in [0.25, 0.3) is 0 Å². The maximum absolute atomic E-state index is 11.1. The van der Waals surface area contributed by atoms with Gasteiger partial charge in [-0.25, -0.2) is 4.79 Å². The molecule has 2 aliphatic rings. The molecule has 2 fully saturated rings. The SMILES string of the molecule is COC(=O)C12OC1CCC2=O. The molecule has 1 saturated carbocycles. The summed E-state index contributed by atoms with van der Waals surface area (Å²) < 4.78 is 9.45. The van der Waals surface area contributed by atoms with Gasteiger partial charge in [0, 0.05) is 6.42 Å². The van der Waals surface area contributed by atoms with Crippen molar-refractivity contribution in [1.82, 2.24) is 0 Å². The summed E-state index contributed by atoms with van der Waals surface area (Å²) >= 11 is 0. The highest BCUT2D eigenvalue weighted by Gasteiger charge is 2.72. The van der Waals surface area contributed by atoms with Crippen molar-refractivity contribution in [1.29, 1.82) is 0 Å². The Labute approximate surface area is 63.5 Å². The number of hydrogen-bond acceptors (Lipinski definition) is 4. The molecule has 0 aromatic rings. The number of Topliss-reactive ketones (excluding diaryl/α,β-unsaturated/α-hetero) is 1.